The quantitative estimate of drug-likeness (QED) is 0.525. The standard InChI is InChI=1S/C17H14ClF3N4O3S/c1-3-6-24-16(22-2)11-7-13(10-23-9-11)25-29(26,27)15-8-12(18)4-5-14(15)28-17(19,20)21/h3-10,25H,2H2,1H3/b6-3-,24-16-. The minimum absolute atomic E-state index is 0.0442. The van der Waals surface area contributed by atoms with Gasteiger partial charge in [-0.3, -0.25) is 9.71 Å². The Hall–Kier alpha value is -2.92. The molecule has 0 aliphatic carbocycles. The van der Waals surface area contributed by atoms with Crippen LogP contribution in [0.15, 0.2) is 63.8 Å². The van der Waals surface area contributed by atoms with Gasteiger partial charge < -0.3 is 4.74 Å². The van der Waals surface area contributed by atoms with E-state index in [1.165, 1.54) is 18.5 Å². The van der Waals surface area contributed by atoms with Gasteiger partial charge in [0.1, 0.15) is 10.6 Å². The van der Waals surface area contributed by atoms with Gasteiger partial charge in [0, 0.05) is 23.0 Å². The summed E-state index contributed by atoms with van der Waals surface area (Å²) in [4.78, 5) is 10.8. The Morgan fingerprint density at radius 2 is 2.03 bits per heavy atom. The van der Waals surface area contributed by atoms with Crippen LogP contribution in [-0.2, 0) is 10.0 Å². The molecular weight excluding hydrogens is 433 g/mol. The molecule has 2 aromatic rings. The van der Waals surface area contributed by atoms with Gasteiger partial charge in [-0.05, 0) is 37.9 Å². The van der Waals surface area contributed by atoms with E-state index in [1.54, 1.807) is 13.0 Å². The summed E-state index contributed by atoms with van der Waals surface area (Å²) in [6.45, 7) is 5.11. The van der Waals surface area contributed by atoms with Crippen molar-refractivity contribution in [1.29, 1.82) is 0 Å². The summed E-state index contributed by atoms with van der Waals surface area (Å²) in [5.41, 5.74) is 0.286. The van der Waals surface area contributed by atoms with E-state index in [0.29, 0.717) is 5.56 Å². The SMILES string of the molecule is C=N/C(=N\C=C/C)c1cncc(NS(=O)(=O)c2cc(Cl)ccc2OC(F)(F)F)c1. The normalized spacial score (nSPS) is 12.8. The minimum atomic E-state index is -5.09. The number of nitrogens with zero attached hydrogens (tertiary/aromatic N) is 3. The second-order valence-electron chi connectivity index (χ2n) is 5.30. The maximum Gasteiger partial charge on any atom is 0.573 e. The molecule has 0 saturated carbocycles. The summed E-state index contributed by atoms with van der Waals surface area (Å²) in [6.07, 6.45) is 0.534. The number of allylic oxidation sites excluding steroid dienone is 1. The molecular formula is C17H14ClF3N4O3S. The fourth-order valence-electron chi connectivity index (χ4n) is 2.08. The van der Waals surface area contributed by atoms with E-state index in [1.807, 2.05) is 0 Å². The zero-order chi connectivity index (χ0) is 21.7. The van der Waals surface area contributed by atoms with Gasteiger partial charge >= 0.3 is 6.36 Å². The van der Waals surface area contributed by atoms with Gasteiger partial charge in [0.25, 0.3) is 10.0 Å². The molecule has 29 heavy (non-hydrogen) atoms. The first-order valence-electron chi connectivity index (χ1n) is 7.75. The molecule has 0 fully saturated rings. The first-order chi connectivity index (χ1) is 13.6. The van der Waals surface area contributed by atoms with E-state index in [2.05, 4.69) is 31.1 Å². The monoisotopic (exact) mass is 446 g/mol. The molecule has 0 unspecified atom stereocenters. The number of ether oxygens (including phenoxy) is 1. The van der Waals surface area contributed by atoms with Gasteiger partial charge in [-0.25, -0.2) is 18.4 Å². The third kappa shape index (κ3) is 6.29. The predicted molar refractivity (Wildman–Crippen MR) is 104 cm³/mol. The first-order valence-corrected chi connectivity index (χ1v) is 9.61. The number of pyridine rings is 1. The number of amidine groups is 1. The highest BCUT2D eigenvalue weighted by Crippen LogP contribution is 2.32. The van der Waals surface area contributed by atoms with Crippen molar-refractivity contribution in [3.05, 3.63) is 59.5 Å². The molecule has 1 aromatic carbocycles. The second kappa shape index (κ2) is 9.05. The van der Waals surface area contributed by atoms with Gasteiger partial charge in [-0.2, -0.15) is 0 Å². The summed E-state index contributed by atoms with van der Waals surface area (Å²) < 4.78 is 69.1. The highest BCUT2D eigenvalue weighted by Gasteiger charge is 2.34. The molecule has 1 heterocycles. The molecule has 0 aliphatic rings. The smallest absolute Gasteiger partial charge is 0.404 e. The molecule has 2 rings (SSSR count). The van der Waals surface area contributed by atoms with Gasteiger partial charge in [0.05, 0.1) is 11.9 Å². The van der Waals surface area contributed by atoms with Crippen LogP contribution in [0, 0.1) is 0 Å². The molecule has 7 nitrogen and oxygen atoms in total. The van der Waals surface area contributed by atoms with E-state index in [4.69, 9.17) is 11.6 Å². The van der Waals surface area contributed by atoms with Crippen molar-refractivity contribution >= 4 is 39.9 Å². The Balaban J connectivity index is 2.44. The molecule has 0 spiro atoms. The van der Waals surface area contributed by atoms with Crippen LogP contribution in [-0.4, -0.2) is 32.3 Å². The highest BCUT2D eigenvalue weighted by atomic mass is 35.5. The van der Waals surface area contributed by atoms with Crippen LogP contribution in [0.5, 0.6) is 5.75 Å². The Kier molecular flexibility index (Phi) is 6.98. The average molecular weight is 447 g/mol. The van der Waals surface area contributed by atoms with Crippen LogP contribution in [0.1, 0.15) is 12.5 Å². The zero-order valence-corrected chi connectivity index (χ0v) is 16.4. The largest absolute Gasteiger partial charge is 0.573 e. The van der Waals surface area contributed by atoms with Crippen molar-refractivity contribution in [3.63, 3.8) is 0 Å². The molecule has 1 aromatic heterocycles. The topological polar surface area (TPSA) is 93.0 Å². The number of benzene rings is 1. The summed E-state index contributed by atoms with van der Waals surface area (Å²) >= 11 is 5.75. The fourth-order valence-corrected chi connectivity index (χ4v) is 3.51. The highest BCUT2D eigenvalue weighted by molar-refractivity contribution is 7.92. The number of hydrogen-bond acceptors (Lipinski definition) is 5. The van der Waals surface area contributed by atoms with Crippen LogP contribution in [0.25, 0.3) is 0 Å². The number of aromatic nitrogens is 1. The van der Waals surface area contributed by atoms with Crippen molar-refractivity contribution in [2.24, 2.45) is 9.98 Å². The van der Waals surface area contributed by atoms with Gasteiger partial charge in [0.2, 0.25) is 0 Å². The number of anilines is 1. The number of alkyl halides is 3. The molecule has 0 amide bonds. The minimum Gasteiger partial charge on any atom is -0.404 e. The maximum atomic E-state index is 12.7. The third-order valence-corrected chi connectivity index (χ3v) is 4.80. The number of hydrogen-bond donors (Lipinski definition) is 1. The van der Waals surface area contributed by atoms with E-state index in [9.17, 15) is 21.6 Å². The second-order valence-corrected chi connectivity index (χ2v) is 7.39. The average Bonchev–Trinajstić information content (AvgIpc) is 2.62. The van der Waals surface area contributed by atoms with E-state index < -0.39 is 27.0 Å². The van der Waals surface area contributed by atoms with Crippen molar-refractivity contribution in [2.75, 3.05) is 4.72 Å². The number of sulfonamides is 1. The molecule has 12 heteroatoms. The van der Waals surface area contributed by atoms with E-state index in [0.717, 1.165) is 24.4 Å². The van der Waals surface area contributed by atoms with E-state index in [-0.39, 0.29) is 16.5 Å². The van der Waals surface area contributed by atoms with Crippen LogP contribution in [0.4, 0.5) is 18.9 Å². The molecule has 0 atom stereocenters. The molecule has 0 aliphatic heterocycles. The van der Waals surface area contributed by atoms with Gasteiger partial charge in [-0.15, -0.1) is 13.2 Å². The maximum absolute atomic E-state index is 12.7. The molecule has 1 N–H and O–H groups in total. The molecule has 0 bridgehead atoms. The van der Waals surface area contributed by atoms with Crippen LogP contribution in [0.3, 0.4) is 0 Å². The van der Waals surface area contributed by atoms with Crippen LogP contribution in [0.2, 0.25) is 5.02 Å². The number of halogens is 4. The zero-order valence-electron chi connectivity index (χ0n) is 14.8. The van der Waals surface area contributed by atoms with Crippen molar-refractivity contribution < 1.29 is 26.3 Å². The Bertz CT molecular complexity index is 1070. The number of nitrogens with one attached hydrogen (secondary N) is 1. The van der Waals surface area contributed by atoms with Crippen molar-refractivity contribution in [1.82, 2.24) is 4.98 Å². The Labute approximate surface area is 169 Å². The lowest BCUT2D eigenvalue weighted by Crippen LogP contribution is -2.21. The van der Waals surface area contributed by atoms with Crippen molar-refractivity contribution in [3.8, 4) is 5.75 Å². The van der Waals surface area contributed by atoms with Gasteiger partial charge in [0.15, 0.2) is 5.84 Å². The molecule has 0 saturated heterocycles. The van der Waals surface area contributed by atoms with Crippen LogP contribution < -0.4 is 9.46 Å². The number of aliphatic imine (C=N–C) groups is 2. The fraction of sp³-hybridized carbons (Fsp3) is 0.118. The summed E-state index contributed by atoms with van der Waals surface area (Å²) in [7, 11) is -4.50. The van der Waals surface area contributed by atoms with Crippen LogP contribution >= 0.6 is 11.6 Å². The first kappa shape index (κ1) is 22.4. The summed E-state index contributed by atoms with van der Waals surface area (Å²) in [5, 5.41) is -0.0941. The summed E-state index contributed by atoms with van der Waals surface area (Å²) in [5.74, 6) is -0.762. The Morgan fingerprint density at radius 1 is 1.31 bits per heavy atom. The molecule has 0 radical (unpaired) electrons. The predicted octanol–water partition coefficient (Wildman–Crippen LogP) is 4.42. The number of rotatable bonds is 6. The lowest BCUT2D eigenvalue weighted by atomic mass is 10.2. The Morgan fingerprint density at radius 3 is 2.66 bits per heavy atom. The van der Waals surface area contributed by atoms with E-state index >= 15 is 0 Å². The lowest BCUT2D eigenvalue weighted by Gasteiger charge is -2.15. The van der Waals surface area contributed by atoms with Crippen molar-refractivity contribution in [2.45, 2.75) is 18.2 Å². The lowest BCUT2D eigenvalue weighted by molar-refractivity contribution is -0.275. The third-order valence-electron chi connectivity index (χ3n) is 3.17. The van der Waals surface area contributed by atoms with Gasteiger partial charge in [-0.1, -0.05) is 17.7 Å². The summed E-state index contributed by atoms with van der Waals surface area (Å²) in [6, 6.07) is 4.06. The molecule has 154 valence electrons.